The van der Waals surface area contributed by atoms with E-state index < -0.39 is 28.9 Å². The van der Waals surface area contributed by atoms with Gasteiger partial charge in [0.2, 0.25) is 0 Å². The van der Waals surface area contributed by atoms with E-state index in [1.54, 1.807) is 0 Å². The van der Waals surface area contributed by atoms with Gasteiger partial charge >= 0.3 is 6.18 Å². The van der Waals surface area contributed by atoms with Crippen molar-refractivity contribution in [2.45, 2.75) is 6.18 Å². The van der Waals surface area contributed by atoms with Crippen LogP contribution in [0.1, 0.15) is 5.56 Å². The molecule has 0 aliphatic heterocycles. The molecule has 0 aliphatic rings. The lowest BCUT2D eigenvalue weighted by Gasteiger charge is -2.10. The Labute approximate surface area is 105 Å². The van der Waals surface area contributed by atoms with Crippen LogP contribution in [0, 0.1) is 11.6 Å². The maximum atomic E-state index is 13.7. The van der Waals surface area contributed by atoms with E-state index in [0.717, 1.165) is 36.4 Å². The van der Waals surface area contributed by atoms with Crippen LogP contribution in [0.2, 0.25) is 0 Å². The van der Waals surface area contributed by atoms with Gasteiger partial charge in [-0.2, -0.15) is 13.2 Å². The number of halogens is 5. The SMILES string of the molecule is Nc1ccc(F)c(-c2ccc(C(F)(F)F)cc2)c1F. The molecule has 2 N–H and O–H groups in total. The Hall–Kier alpha value is -2.11. The quantitative estimate of drug-likeness (QED) is 0.610. The minimum atomic E-state index is -4.49. The summed E-state index contributed by atoms with van der Waals surface area (Å²) in [5.74, 6) is -1.87. The van der Waals surface area contributed by atoms with E-state index in [1.807, 2.05) is 0 Å². The van der Waals surface area contributed by atoms with Gasteiger partial charge in [-0.05, 0) is 29.8 Å². The molecule has 19 heavy (non-hydrogen) atoms. The third-order valence-electron chi connectivity index (χ3n) is 2.62. The van der Waals surface area contributed by atoms with Crippen LogP contribution in [0.25, 0.3) is 11.1 Å². The Bertz CT molecular complexity index is 602. The maximum Gasteiger partial charge on any atom is 0.416 e. The van der Waals surface area contributed by atoms with Gasteiger partial charge in [0.05, 0.1) is 16.8 Å². The molecule has 0 atom stereocenters. The molecule has 0 amide bonds. The van der Waals surface area contributed by atoms with Crippen molar-refractivity contribution in [3.05, 3.63) is 53.6 Å². The molecule has 0 bridgehead atoms. The molecule has 0 fully saturated rings. The highest BCUT2D eigenvalue weighted by Crippen LogP contribution is 2.33. The van der Waals surface area contributed by atoms with Crippen molar-refractivity contribution in [1.29, 1.82) is 0 Å². The lowest BCUT2D eigenvalue weighted by Crippen LogP contribution is -2.04. The van der Waals surface area contributed by atoms with Crippen molar-refractivity contribution in [3.63, 3.8) is 0 Å². The number of hydrogen-bond acceptors (Lipinski definition) is 1. The first kappa shape index (κ1) is 13.3. The van der Waals surface area contributed by atoms with Gasteiger partial charge < -0.3 is 5.73 Å². The third kappa shape index (κ3) is 2.52. The molecule has 1 nitrogen and oxygen atoms in total. The highest BCUT2D eigenvalue weighted by atomic mass is 19.4. The number of hydrogen-bond donors (Lipinski definition) is 1. The van der Waals surface area contributed by atoms with Crippen LogP contribution in [0.3, 0.4) is 0 Å². The lowest BCUT2D eigenvalue weighted by atomic mass is 10.0. The Kier molecular flexibility index (Phi) is 3.18. The zero-order valence-electron chi connectivity index (χ0n) is 9.43. The van der Waals surface area contributed by atoms with E-state index >= 15 is 0 Å². The number of alkyl halides is 3. The second kappa shape index (κ2) is 4.53. The zero-order chi connectivity index (χ0) is 14.2. The molecule has 6 heteroatoms. The predicted octanol–water partition coefficient (Wildman–Crippen LogP) is 4.23. The van der Waals surface area contributed by atoms with Crippen LogP contribution < -0.4 is 5.73 Å². The molecule has 0 saturated carbocycles. The van der Waals surface area contributed by atoms with Gasteiger partial charge in [-0.15, -0.1) is 0 Å². The first-order chi connectivity index (χ1) is 8.80. The fraction of sp³-hybridized carbons (Fsp3) is 0.0769. The summed E-state index contributed by atoms with van der Waals surface area (Å²) in [6.45, 7) is 0. The molecule has 2 aromatic carbocycles. The number of rotatable bonds is 1. The van der Waals surface area contributed by atoms with E-state index in [1.165, 1.54) is 0 Å². The van der Waals surface area contributed by atoms with Crippen LogP contribution >= 0.6 is 0 Å². The van der Waals surface area contributed by atoms with Crippen molar-refractivity contribution in [2.24, 2.45) is 0 Å². The summed E-state index contributed by atoms with van der Waals surface area (Å²) >= 11 is 0. The fourth-order valence-corrected chi connectivity index (χ4v) is 1.66. The number of benzene rings is 2. The first-order valence-electron chi connectivity index (χ1n) is 5.22. The molecule has 0 spiro atoms. The molecule has 0 aliphatic carbocycles. The second-order valence-corrected chi connectivity index (χ2v) is 3.90. The number of nitrogen functional groups attached to an aromatic ring is 1. The lowest BCUT2D eigenvalue weighted by molar-refractivity contribution is -0.137. The zero-order valence-corrected chi connectivity index (χ0v) is 9.43. The van der Waals surface area contributed by atoms with Gasteiger partial charge in [-0.3, -0.25) is 0 Å². The molecular weight excluding hydrogens is 265 g/mol. The van der Waals surface area contributed by atoms with Gasteiger partial charge in [0.15, 0.2) is 5.82 Å². The van der Waals surface area contributed by atoms with Crippen LogP contribution in [-0.4, -0.2) is 0 Å². The maximum absolute atomic E-state index is 13.7. The molecule has 2 aromatic rings. The molecule has 0 saturated heterocycles. The summed E-state index contributed by atoms with van der Waals surface area (Å²) in [5, 5.41) is 0. The summed E-state index contributed by atoms with van der Waals surface area (Å²) < 4.78 is 64.4. The summed E-state index contributed by atoms with van der Waals surface area (Å²) in [6, 6.07) is 5.55. The van der Waals surface area contributed by atoms with Gasteiger partial charge in [0.25, 0.3) is 0 Å². The summed E-state index contributed by atoms with van der Waals surface area (Å²) in [4.78, 5) is 0. The highest BCUT2D eigenvalue weighted by Gasteiger charge is 2.30. The molecule has 0 radical (unpaired) electrons. The Morgan fingerprint density at radius 3 is 1.95 bits per heavy atom. The Morgan fingerprint density at radius 1 is 0.842 bits per heavy atom. The minimum absolute atomic E-state index is 0.00435. The topological polar surface area (TPSA) is 26.0 Å². The van der Waals surface area contributed by atoms with E-state index in [4.69, 9.17) is 5.73 Å². The van der Waals surface area contributed by atoms with Crippen LogP contribution in [0.15, 0.2) is 36.4 Å². The monoisotopic (exact) mass is 273 g/mol. The molecule has 0 heterocycles. The molecule has 0 aromatic heterocycles. The van der Waals surface area contributed by atoms with Gasteiger partial charge in [0.1, 0.15) is 5.82 Å². The van der Waals surface area contributed by atoms with E-state index in [9.17, 15) is 22.0 Å². The third-order valence-corrected chi connectivity index (χ3v) is 2.62. The smallest absolute Gasteiger partial charge is 0.396 e. The van der Waals surface area contributed by atoms with Crippen molar-refractivity contribution < 1.29 is 22.0 Å². The summed E-state index contributed by atoms with van der Waals surface area (Å²) in [5.41, 5.74) is 3.71. The predicted molar refractivity (Wildman–Crippen MR) is 61.2 cm³/mol. The van der Waals surface area contributed by atoms with E-state index in [2.05, 4.69) is 0 Å². The molecule has 0 unspecified atom stereocenters. The standard InChI is InChI=1S/C13H8F5N/c14-9-5-6-10(19)12(15)11(9)7-1-3-8(4-2-7)13(16,17)18/h1-6H,19H2. The average molecular weight is 273 g/mol. The van der Waals surface area contributed by atoms with Crippen molar-refractivity contribution in [2.75, 3.05) is 5.73 Å². The number of nitrogens with two attached hydrogens (primary N) is 1. The highest BCUT2D eigenvalue weighted by molar-refractivity contribution is 5.69. The van der Waals surface area contributed by atoms with Gasteiger partial charge in [-0.1, -0.05) is 12.1 Å². The summed E-state index contributed by atoms with van der Waals surface area (Å²) in [7, 11) is 0. The van der Waals surface area contributed by atoms with Crippen LogP contribution in [0.4, 0.5) is 27.6 Å². The van der Waals surface area contributed by atoms with E-state index in [0.29, 0.717) is 0 Å². The van der Waals surface area contributed by atoms with Crippen molar-refractivity contribution in [1.82, 2.24) is 0 Å². The Balaban J connectivity index is 2.52. The first-order valence-corrected chi connectivity index (χ1v) is 5.22. The van der Waals surface area contributed by atoms with Crippen LogP contribution in [-0.2, 0) is 6.18 Å². The van der Waals surface area contributed by atoms with Gasteiger partial charge in [-0.25, -0.2) is 8.78 Å². The average Bonchev–Trinajstić information content (AvgIpc) is 2.34. The second-order valence-electron chi connectivity index (χ2n) is 3.90. The van der Waals surface area contributed by atoms with Crippen LogP contribution in [0.5, 0.6) is 0 Å². The largest absolute Gasteiger partial charge is 0.416 e. The van der Waals surface area contributed by atoms with Crippen molar-refractivity contribution >= 4 is 5.69 Å². The normalized spacial score (nSPS) is 11.6. The summed E-state index contributed by atoms with van der Waals surface area (Å²) in [6.07, 6.45) is -4.49. The number of anilines is 1. The minimum Gasteiger partial charge on any atom is -0.396 e. The Morgan fingerprint density at radius 2 is 1.42 bits per heavy atom. The van der Waals surface area contributed by atoms with Gasteiger partial charge in [0, 0.05) is 0 Å². The van der Waals surface area contributed by atoms with Crippen molar-refractivity contribution in [3.8, 4) is 11.1 Å². The molecule has 2 rings (SSSR count). The fourth-order valence-electron chi connectivity index (χ4n) is 1.66. The van der Waals surface area contributed by atoms with E-state index in [-0.39, 0.29) is 11.3 Å². The molecular formula is C13H8F5N. The molecule has 100 valence electrons.